The summed E-state index contributed by atoms with van der Waals surface area (Å²) in [6.07, 6.45) is 1.52. The molecule has 1 amide bonds. The van der Waals surface area contributed by atoms with E-state index in [1.807, 2.05) is 0 Å². The van der Waals surface area contributed by atoms with Gasteiger partial charge in [-0.15, -0.1) is 0 Å². The fourth-order valence-electron chi connectivity index (χ4n) is 2.58. The van der Waals surface area contributed by atoms with Crippen LogP contribution in [-0.4, -0.2) is 11.7 Å². The van der Waals surface area contributed by atoms with Gasteiger partial charge in [0.1, 0.15) is 5.82 Å². The lowest BCUT2D eigenvalue weighted by Crippen LogP contribution is -2.27. The van der Waals surface area contributed by atoms with Gasteiger partial charge >= 0.3 is 0 Å². The summed E-state index contributed by atoms with van der Waals surface area (Å²) in [7, 11) is 0. The van der Waals surface area contributed by atoms with Gasteiger partial charge in [0.25, 0.3) is 0 Å². The molecule has 1 aliphatic carbocycles. The molecule has 1 saturated carbocycles. The molecule has 112 valence electrons. The maximum absolute atomic E-state index is 13.0. The predicted octanol–water partition coefficient (Wildman–Crippen LogP) is 3.70. The Hall–Kier alpha value is -2.49. The van der Waals surface area contributed by atoms with Crippen LogP contribution < -0.4 is 5.32 Å². The van der Waals surface area contributed by atoms with Crippen molar-refractivity contribution < 1.29 is 14.0 Å². The minimum Gasteiger partial charge on any atom is -0.325 e. The van der Waals surface area contributed by atoms with E-state index in [9.17, 15) is 14.0 Å². The van der Waals surface area contributed by atoms with Gasteiger partial charge in [-0.3, -0.25) is 9.59 Å². The van der Waals surface area contributed by atoms with Gasteiger partial charge in [0.2, 0.25) is 5.91 Å². The quantitative estimate of drug-likeness (QED) is 0.875. The Labute approximate surface area is 128 Å². The highest BCUT2D eigenvalue weighted by Gasteiger charge is 2.51. The molecular weight excluding hydrogens is 281 g/mol. The molecule has 0 spiro atoms. The average molecular weight is 297 g/mol. The van der Waals surface area contributed by atoms with E-state index in [0.29, 0.717) is 11.3 Å². The second-order valence-electron chi connectivity index (χ2n) is 5.68. The summed E-state index contributed by atoms with van der Waals surface area (Å²) >= 11 is 0. The molecule has 0 aromatic heterocycles. The highest BCUT2D eigenvalue weighted by Crippen LogP contribution is 2.49. The van der Waals surface area contributed by atoms with Crippen LogP contribution in [0.15, 0.2) is 48.5 Å². The van der Waals surface area contributed by atoms with Crippen LogP contribution in [0.25, 0.3) is 0 Å². The molecule has 0 unspecified atom stereocenters. The van der Waals surface area contributed by atoms with Crippen molar-refractivity contribution in [2.45, 2.75) is 25.2 Å². The van der Waals surface area contributed by atoms with E-state index in [-0.39, 0.29) is 17.5 Å². The van der Waals surface area contributed by atoms with E-state index >= 15 is 0 Å². The molecule has 3 nitrogen and oxygen atoms in total. The molecule has 2 aromatic rings. The van der Waals surface area contributed by atoms with E-state index in [1.165, 1.54) is 19.1 Å². The van der Waals surface area contributed by atoms with Crippen molar-refractivity contribution in [2.24, 2.45) is 0 Å². The SMILES string of the molecule is CC(=O)c1ccc(NC(=O)C2(c3ccc(F)cc3)CC2)cc1. The molecule has 0 atom stereocenters. The van der Waals surface area contributed by atoms with Gasteiger partial charge in [-0.25, -0.2) is 4.39 Å². The number of carbonyl (C=O) groups excluding carboxylic acids is 2. The zero-order chi connectivity index (χ0) is 15.7. The lowest BCUT2D eigenvalue weighted by molar-refractivity contribution is -0.118. The number of amides is 1. The molecule has 0 aliphatic heterocycles. The van der Waals surface area contributed by atoms with Crippen LogP contribution in [0, 0.1) is 5.82 Å². The number of nitrogens with one attached hydrogen (secondary N) is 1. The van der Waals surface area contributed by atoms with Gasteiger partial charge < -0.3 is 5.32 Å². The normalized spacial score (nSPS) is 15.2. The summed E-state index contributed by atoms with van der Waals surface area (Å²) < 4.78 is 13.0. The Kier molecular flexibility index (Phi) is 3.53. The van der Waals surface area contributed by atoms with Crippen LogP contribution in [0.4, 0.5) is 10.1 Å². The van der Waals surface area contributed by atoms with Crippen LogP contribution in [0.5, 0.6) is 0 Å². The zero-order valence-corrected chi connectivity index (χ0v) is 12.2. The summed E-state index contributed by atoms with van der Waals surface area (Å²) in [5.74, 6) is -0.405. The van der Waals surface area contributed by atoms with Crippen LogP contribution in [0.1, 0.15) is 35.7 Å². The lowest BCUT2D eigenvalue weighted by Gasteiger charge is -2.16. The number of hydrogen-bond donors (Lipinski definition) is 1. The summed E-state index contributed by atoms with van der Waals surface area (Å²) in [5, 5.41) is 2.88. The van der Waals surface area contributed by atoms with Crippen LogP contribution >= 0.6 is 0 Å². The summed E-state index contributed by atoms with van der Waals surface area (Å²) in [4.78, 5) is 23.8. The highest BCUT2D eigenvalue weighted by atomic mass is 19.1. The van der Waals surface area contributed by atoms with Gasteiger partial charge in [0.15, 0.2) is 5.78 Å². The lowest BCUT2D eigenvalue weighted by atomic mass is 9.95. The van der Waals surface area contributed by atoms with E-state index < -0.39 is 5.41 Å². The molecule has 22 heavy (non-hydrogen) atoms. The number of benzene rings is 2. The fourth-order valence-corrected chi connectivity index (χ4v) is 2.58. The van der Waals surface area contributed by atoms with E-state index in [4.69, 9.17) is 0 Å². The Morgan fingerprint density at radius 1 is 1.00 bits per heavy atom. The van der Waals surface area contributed by atoms with E-state index in [1.54, 1.807) is 36.4 Å². The Balaban J connectivity index is 1.76. The monoisotopic (exact) mass is 297 g/mol. The minimum absolute atomic E-state index is 0.0112. The summed E-state index contributed by atoms with van der Waals surface area (Å²) in [6.45, 7) is 1.50. The maximum Gasteiger partial charge on any atom is 0.235 e. The number of ketones is 1. The smallest absolute Gasteiger partial charge is 0.235 e. The van der Waals surface area contributed by atoms with Gasteiger partial charge in [0.05, 0.1) is 5.41 Å². The Morgan fingerprint density at radius 2 is 1.59 bits per heavy atom. The molecule has 0 radical (unpaired) electrons. The van der Waals surface area contributed by atoms with Crippen molar-refractivity contribution in [3.8, 4) is 0 Å². The standard InChI is InChI=1S/C18H16FNO2/c1-12(21)13-2-8-16(9-3-13)20-17(22)18(10-11-18)14-4-6-15(19)7-5-14/h2-9H,10-11H2,1H3,(H,20,22). The molecule has 3 rings (SSSR count). The number of Topliss-reactive ketones (excluding diaryl/α,β-unsaturated/α-hetero) is 1. The highest BCUT2D eigenvalue weighted by molar-refractivity contribution is 6.02. The first-order valence-electron chi connectivity index (χ1n) is 7.20. The number of halogens is 1. The van der Waals surface area contributed by atoms with Crippen molar-refractivity contribution in [1.82, 2.24) is 0 Å². The molecule has 0 heterocycles. The van der Waals surface area contributed by atoms with Crippen molar-refractivity contribution in [3.05, 3.63) is 65.5 Å². The largest absolute Gasteiger partial charge is 0.325 e. The predicted molar refractivity (Wildman–Crippen MR) is 82.4 cm³/mol. The van der Waals surface area contributed by atoms with E-state index in [2.05, 4.69) is 5.32 Å². The van der Waals surface area contributed by atoms with Crippen LogP contribution in [0.2, 0.25) is 0 Å². The molecule has 1 fully saturated rings. The summed E-state index contributed by atoms with van der Waals surface area (Å²) in [6, 6.07) is 12.9. The van der Waals surface area contributed by atoms with Gasteiger partial charge in [0, 0.05) is 11.3 Å². The second-order valence-corrected chi connectivity index (χ2v) is 5.68. The minimum atomic E-state index is -0.549. The van der Waals surface area contributed by atoms with Crippen LogP contribution in [0.3, 0.4) is 0 Å². The van der Waals surface area contributed by atoms with Gasteiger partial charge in [-0.05, 0) is 61.7 Å². The first-order chi connectivity index (χ1) is 10.5. The van der Waals surface area contributed by atoms with Crippen molar-refractivity contribution >= 4 is 17.4 Å². The molecule has 1 aliphatic rings. The first kappa shape index (κ1) is 14.4. The topological polar surface area (TPSA) is 46.2 Å². The molecule has 1 N–H and O–H groups in total. The molecule has 4 heteroatoms. The number of rotatable bonds is 4. The van der Waals surface area contributed by atoms with Crippen molar-refractivity contribution in [3.63, 3.8) is 0 Å². The second kappa shape index (κ2) is 5.37. The molecular formula is C18H16FNO2. The number of hydrogen-bond acceptors (Lipinski definition) is 2. The number of anilines is 1. The Morgan fingerprint density at radius 3 is 2.09 bits per heavy atom. The fraction of sp³-hybridized carbons (Fsp3) is 0.222. The average Bonchev–Trinajstić information content (AvgIpc) is 3.30. The van der Waals surface area contributed by atoms with Crippen molar-refractivity contribution in [2.75, 3.05) is 5.32 Å². The third kappa shape index (κ3) is 2.64. The van der Waals surface area contributed by atoms with Crippen LogP contribution in [-0.2, 0) is 10.2 Å². The van der Waals surface area contributed by atoms with Gasteiger partial charge in [-0.1, -0.05) is 12.1 Å². The maximum atomic E-state index is 13.0. The molecule has 2 aromatic carbocycles. The van der Waals surface area contributed by atoms with Gasteiger partial charge in [-0.2, -0.15) is 0 Å². The third-order valence-corrected chi connectivity index (χ3v) is 4.13. The zero-order valence-electron chi connectivity index (χ0n) is 12.2. The Bertz CT molecular complexity index is 716. The number of carbonyl (C=O) groups is 2. The van der Waals surface area contributed by atoms with Crippen molar-refractivity contribution in [1.29, 1.82) is 0 Å². The molecule has 0 bridgehead atoms. The molecule has 0 saturated heterocycles. The summed E-state index contributed by atoms with van der Waals surface area (Å²) in [5.41, 5.74) is 1.56. The first-order valence-corrected chi connectivity index (χ1v) is 7.20. The van der Waals surface area contributed by atoms with E-state index in [0.717, 1.165) is 18.4 Å². The third-order valence-electron chi connectivity index (χ3n) is 4.13.